The highest BCUT2D eigenvalue weighted by atomic mass is 16.5. The molecule has 0 radical (unpaired) electrons. The first kappa shape index (κ1) is 29.3. The summed E-state index contributed by atoms with van der Waals surface area (Å²) in [6, 6.07) is 9.37. The van der Waals surface area contributed by atoms with Crippen molar-refractivity contribution in [3.8, 4) is 0 Å². The fourth-order valence-corrected chi connectivity index (χ4v) is 5.38. The van der Waals surface area contributed by atoms with Crippen molar-refractivity contribution in [2.24, 2.45) is 23.7 Å². The number of hydrogen-bond acceptors (Lipinski definition) is 6. The van der Waals surface area contributed by atoms with Gasteiger partial charge in [0.05, 0.1) is 24.6 Å². The van der Waals surface area contributed by atoms with E-state index in [1.54, 1.807) is 11.7 Å². The van der Waals surface area contributed by atoms with Crippen molar-refractivity contribution >= 4 is 17.7 Å². The van der Waals surface area contributed by atoms with Crippen molar-refractivity contribution in [3.05, 3.63) is 48.3 Å². The molecule has 0 unspecified atom stereocenters. The topological polar surface area (TPSA) is 129 Å². The molecule has 10 nitrogen and oxygen atoms in total. The van der Waals surface area contributed by atoms with Crippen LogP contribution in [0.2, 0.25) is 0 Å². The molecule has 3 rings (SSSR count). The Morgan fingerprint density at radius 1 is 1.08 bits per heavy atom. The highest BCUT2D eigenvalue weighted by molar-refractivity contribution is 5.88. The van der Waals surface area contributed by atoms with E-state index in [1.165, 1.54) is 48.0 Å². The first-order valence-corrected chi connectivity index (χ1v) is 13.8. The number of nitrogens with one attached hydrogen (secondary N) is 2. The van der Waals surface area contributed by atoms with E-state index >= 15 is 0 Å². The van der Waals surface area contributed by atoms with E-state index in [4.69, 9.17) is 0 Å². The van der Waals surface area contributed by atoms with Crippen LogP contribution < -0.4 is 10.9 Å². The minimum Gasteiger partial charge on any atom is -0.289 e. The molecule has 208 valence electrons. The average molecular weight is 527 g/mol. The van der Waals surface area contributed by atoms with E-state index in [2.05, 4.69) is 15.7 Å². The standard InChI is InChI=1S/C28H42N6O4/c1-21(2)18-25(24(28(37)31-38)15-9-14-22-10-5-3-6-11-22)27(36)30-34(19-23-12-7-4-8-13-23)26(35)20-33-17-16-29-32-33/h4,7-8,12-13,16-17,21-22,24-25,38H,3,5-6,9-11,14-15,18-20H2,1-2H3,(H,30,36)(H,31,37)/t24-,25+/m0/s1. The zero-order valence-corrected chi connectivity index (χ0v) is 22.6. The van der Waals surface area contributed by atoms with E-state index in [9.17, 15) is 19.6 Å². The summed E-state index contributed by atoms with van der Waals surface area (Å²) in [6.45, 7) is 4.05. The summed E-state index contributed by atoms with van der Waals surface area (Å²) in [7, 11) is 0. The maximum Gasteiger partial charge on any atom is 0.263 e. The third-order valence-corrected chi connectivity index (χ3v) is 7.35. The predicted molar refractivity (Wildman–Crippen MR) is 142 cm³/mol. The van der Waals surface area contributed by atoms with Gasteiger partial charge in [0.2, 0.25) is 11.8 Å². The van der Waals surface area contributed by atoms with Crippen LogP contribution in [0.5, 0.6) is 0 Å². The van der Waals surface area contributed by atoms with Gasteiger partial charge in [0.1, 0.15) is 6.54 Å². The van der Waals surface area contributed by atoms with Crippen molar-refractivity contribution < 1.29 is 19.6 Å². The number of hydroxylamine groups is 1. The lowest BCUT2D eigenvalue weighted by Crippen LogP contribution is -2.51. The van der Waals surface area contributed by atoms with Crippen molar-refractivity contribution in [1.29, 1.82) is 0 Å². The van der Waals surface area contributed by atoms with Crippen LogP contribution in [0.3, 0.4) is 0 Å². The molecule has 2 aromatic rings. The normalized spacial score (nSPS) is 15.6. The molecule has 3 amide bonds. The highest BCUT2D eigenvalue weighted by Gasteiger charge is 2.35. The summed E-state index contributed by atoms with van der Waals surface area (Å²) < 4.78 is 1.39. The summed E-state index contributed by atoms with van der Waals surface area (Å²) in [5.41, 5.74) is 5.44. The second-order valence-corrected chi connectivity index (χ2v) is 10.8. The number of carbonyl (C=O) groups is 3. The first-order valence-electron chi connectivity index (χ1n) is 13.8. The molecular weight excluding hydrogens is 484 g/mol. The maximum atomic E-state index is 13.7. The number of hydrogen-bond donors (Lipinski definition) is 3. The molecule has 0 bridgehead atoms. The molecule has 0 aliphatic heterocycles. The third-order valence-electron chi connectivity index (χ3n) is 7.35. The van der Waals surface area contributed by atoms with Crippen LogP contribution in [0.15, 0.2) is 42.7 Å². The Morgan fingerprint density at radius 3 is 2.45 bits per heavy atom. The number of amides is 3. The summed E-state index contributed by atoms with van der Waals surface area (Å²) in [5, 5.41) is 18.4. The number of nitrogens with zero attached hydrogens (tertiary/aromatic N) is 4. The molecule has 1 heterocycles. The van der Waals surface area contributed by atoms with Crippen LogP contribution in [-0.4, -0.2) is 42.9 Å². The highest BCUT2D eigenvalue weighted by Crippen LogP contribution is 2.31. The van der Waals surface area contributed by atoms with Crippen LogP contribution in [0.25, 0.3) is 0 Å². The molecule has 1 aromatic heterocycles. The Balaban J connectivity index is 1.75. The van der Waals surface area contributed by atoms with Gasteiger partial charge in [-0.25, -0.2) is 15.2 Å². The van der Waals surface area contributed by atoms with E-state index in [0.29, 0.717) is 18.8 Å². The fourth-order valence-electron chi connectivity index (χ4n) is 5.38. The number of benzene rings is 1. The number of carbonyl (C=O) groups excluding carboxylic acids is 3. The average Bonchev–Trinajstić information content (AvgIpc) is 3.43. The Morgan fingerprint density at radius 2 is 1.82 bits per heavy atom. The van der Waals surface area contributed by atoms with E-state index in [0.717, 1.165) is 18.4 Å². The van der Waals surface area contributed by atoms with E-state index < -0.39 is 23.7 Å². The van der Waals surface area contributed by atoms with Crippen molar-refractivity contribution in [3.63, 3.8) is 0 Å². The van der Waals surface area contributed by atoms with E-state index in [-0.39, 0.29) is 24.9 Å². The van der Waals surface area contributed by atoms with Crippen molar-refractivity contribution in [2.75, 3.05) is 0 Å². The van der Waals surface area contributed by atoms with E-state index in [1.807, 2.05) is 44.2 Å². The summed E-state index contributed by atoms with van der Waals surface area (Å²) >= 11 is 0. The molecule has 0 saturated heterocycles. The lowest BCUT2D eigenvalue weighted by Gasteiger charge is -2.30. The van der Waals surface area contributed by atoms with Gasteiger partial charge in [-0.15, -0.1) is 5.10 Å². The summed E-state index contributed by atoms with van der Waals surface area (Å²) in [5.74, 6) is -1.94. The quantitative estimate of drug-likeness (QED) is 0.268. The monoisotopic (exact) mass is 526 g/mol. The van der Waals surface area contributed by atoms with Crippen LogP contribution in [0, 0.1) is 23.7 Å². The van der Waals surface area contributed by atoms with Gasteiger partial charge in [-0.2, -0.15) is 0 Å². The Hall–Kier alpha value is -3.27. The van der Waals surface area contributed by atoms with Gasteiger partial charge in [-0.3, -0.25) is 25.0 Å². The molecule has 1 fully saturated rings. The SMILES string of the molecule is CC(C)C[C@@H](C(=O)NN(Cc1ccccc1)C(=O)Cn1ccnn1)[C@H](CCCC1CCCCC1)C(=O)NO. The van der Waals surface area contributed by atoms with Crippen LogP contribution in [0.4, 0.5) is 0 Å². The molecule has 1 aromatic carbocycles. The Bertz CT molecular complexity index is 992. The van der Waals surface area contributed by atoms with Crippen LogP contribution in [-0.2, 0) is 27.5 Å². The molecule has 2 atom stereocenters. The molecule has 1 aliphatic carbocycles. The summed E-state index contributed by atoms with van der Waals surface area (Å²) in [4.78, 5) is 39.7. The van der Waals surface area contributed by atoms with Gasteiger partial charge in [-0.1, -0.05) is 94.3 Å². The second-order valence-electron chi connectivity index (χ2n) is 10.8. The lowest BCUT2D eigenvalue weighted by atomic mass is 9.79. The smallest absolute Gasteiger partial charge is 0.263 e. The number of hydrazine groups is 1. The summed E-state index contributed by atoms with van der Waals surface area (Å²) in [6.07, 6.45) is 12.1. The van der Waals surface area contributed by atoms with Crippen molar-refractivity contribution in [2.45, 2.75) is 84.7 Å². The molecular formula is C28H42N6O4. The van der Waals surface area contributed by atoms with Gasteiger partial charge in [0.25, 0.3) is 5.91 Å². The maximum absolute atomic E-state index is 13.7. The van der Waals surface area contributed by atoms with Gasteiger partial charge >= 0.3 is 0 Å². The zero-order chi connectivity index (χ0) is 27.3. The van der Waals surface area contributed by atoms with Crippen molar-refractivity contribution in [1.82, 2.24) is 30.9 Å². The minimum absolute atomic E-state index is 0.0933. The molecule has 1 aliphatic rings. The molecule has 0 spiro atoms. The van der Waals surface area contributed by atoms with Gasteiger partial charge in [0.15, 0.2) is 0 Å². The lowest BCUT2D eigenvalue weighted by molar-refractivity contribution is -0.148. The Kier molecular flexibility index (Phi) is 11.7. The second kappa shape index (κ2) is 15.2. The Labute approximate surface area is 225 Å². The third kappa shape index (κ3) is 9.24. The molecule has 1 saturated carbocycles. The largest absolute Gasteiger partial charge is 0.289 e. The van der Waals surface area contributed by atoms with Crippen LogP contribution >= 0.6 is 0 Å². The first-order chi connectivity index (χ1) is 18.4. The molecule has 38 heavy (non-hydrogen) atoms. The fraction of sp³-hybridized carbons (Fsp3) is 0.607. The molecule has 10 heteroatoms. The van der Waals surface area contributed by atoms with Gasteiger partial charge < -0.3 is 0 Å². The number of rotatable bonds is 13. The number of aromatic nitrogens is 3. The predicted octanol–water partition coefficient (Wildman–Crippen LogP) is 3.87. The van der Waals surface area contributed by atoms with Gasteiger partial charge in [0, 0.05) is 6.20 Å². The van der Waals surface area contributed by atoms with Crippen LogP contribution in [0.1, 0.15) is 77.2 Å². The minimum atomic E-state index is -0.703. The van der Waals surface area contributed by atoms with Gasteiger partial charge in [-0.05, 0) is 30.2 Å². The molecule has 3 N–H and O–H groups in total. The zero-order valence-electron chi connectivity index (χ0n) is 22.6.